The van der Waals surface area contributed by atoms with Crippen LogP contribution in [0.5, 0.6) is 0 Å². The van der Waals surface area contributed by atoms with Gasteiger partial charge in [0.05, 0.1) is 43.4 Å². The molecule has 1 saturated heterocycles. The smallest absolute Gasteiger partial charge is 0.268 e. The standard InChI is InChI=1S/C48H55N3O8S/c1-36-24-25-39(30-50-36)34-56-45-44(35-54-28-15-5-14-27-49)59-48(47(58-33-38-18-8-3-9-19-38)46(45)57-32-37-16-6-2-7-17-37)55-29-26-40-31-51(43-23-13-12-22-42(40)43)60(52,53)41-20-10-4-11-21-41/h2-4,6-13,16-25,30-31,44-48H,5,14-15,26-29,32-35,49H2,1H3/t44-,45-,46+,47-,48-/m1/s1. The molecule has 11 nitrogen and oxygen atoms in total. The molecule has 1 fully saturated rings. The number of hydrogen-bond acceptors (Lipinski definition) is 10. The van der Waals surface area contributed by atoms with Crippen LogP contribution in [0.2, 0.25) is 0 Å². The lowest BCUT2D eigenvalue weighted by Crippen LogP contribution is -2.61. The van der Waals surface area contributed by atoms with E-state index in [1.54, 1.807) is 36.5 Å². The van der Waals surface area contributed by atoms with Crippen molar-refractivity contribution in [1.82, 2.24) is 8.96 Å². The van der Waals surface area contributed by atoms with Crippen LogP contribution in [-0.2, 0) is 64.7 Å². The number of benzene rings is 4. The van der Waals surface area contributed by atoms with Gasteiger partial charge in [-0.1, -0.05) is 103 Å². The Morgan fingerprint density at radius 3 is 1.98 bits per heavy atom. The molecule has 5 atom stereocenters. The molecule has 2 aromatic heterocycles. The van der Waals surface area contributed by atoms with E-state index in [-0.39, 0.29) is 31.3 Å². The van der Waals surface area contributed by atoms with Gasteiger partial charge in [-0.3, -0.25) is 4.98 Å². The fourth-order valence-corrected chi connectivity index (χ4v) is 8.77. The van der Waals surface area contributed by atoms with Crippen LogP contribution < -0.4 is 5.73 Å². The molecular formula is C48H55N3O8S. The molecule has 316 valence electrons. The van der Waals surface area contributed by atoms with Crippen LogP contribution in [0.4, 0.5) is 0 Å². The second-order valence-corrected chi connectivity index (χ2v) is 16.8. The average molecular weight is 834 g/mol. The molecule has 2 N–H and O–H groups in total. The zero-order valence-corrected chi connectivity index (χ0v) is 34.9. The number of unbranched alkanes of at least 4 members (excludes halogenated alkanes) is 2. The molecule has 0 bridgehead atoms. The van der Waals surface area contributed by atoms with Crippen LogP contribution in [0.25, 0.3) is 10.9 Å². The minimum absolute atomic E-state index is 0.202. The van der Waals surface area contributed by atoms with Gasteiger partial charge in [0.15, 0.2) is 6.29 Å². The molecule has 0 aliphatic carbocycles. The third-order valence-corrected chi connectivity index (χ3v) is 12.3. The molecule has 0 amide bonds. The number of ether oxygens (including phenoxy) is 6. The van der Waals surface area contributed by atoms with E-state index in [2.05, 4.69) is 4.98 Å². The maximum absolute atomic E-state index is 13.8. The first kappa shape index (κ1) is 43.3. The normalized spacial score (nSPS) is 19.5. The summed E-state index contributed by atoms with van der Waals surface area (Å²) in [6.07, 6.45) is 3.23. The van der Waals surface area contributed by atoms with Crippen LogP contribution in [0.3, 0.4) is 0 Å². The summed E-state index contributed by atoms with van der Waals surface area (Å²) >= 11 is 0. The van der Waals surface area contributed by atoms with E-state index in [0.717, 1.165) is 52.6 Å². The molecule has 6 aromatic rings. The predicted octanol–water partition coefficient (Wildman–Crippen LogP) is 7.77. The first-order valence-corrected chi connectivity index (χ1v) is 22.1. The Hall–Kier alpha value is -4.76. The van der Waals surface area contributed by atoms with Gasteiger partial charge in [0.2, 0.25) is 0 Å². The van der Waals surface area contributed by atoms with Crippen LogP contribution in [0.1, 0.15) is 47.2 Å². The van der Waals surface area contributed by atoms with Crippen molar-refractivity contribution in [1.29, 1.82) is 0 Å². The van der Waals surface area contributed by atoms with Crippen molar-refractivity contribution in [3.8, 4) is 0 Å². The largest absolute Gasteiger partial charge is 0.379 e. The quantitative estimate of drug-likeness (QED) is 0.0677. The van der Waals surface area contributed by atoms with E-state index in [1.807, 2.05) is 110 Å². The minimum Gasteiger partial charge on any atom is -0.379 e. The maximum atomic E-state index is 13.8. The van der Waals surface area contributed by atoms with Gasteiger partial charge in [-0.2, -0.15) is 0 Å². The molecule has 4 aromatic carbocycles. The molecule has 3 heterocycles. The van der Waals surface area contributed by atoms with Crippen molar-refractivity contribution >= 4 is 20.9 Å². The van der Waals surface area contributed by atoms with Gasteiger partial charge < -0.3 is 34.2 Å². The number of fused-ring (bicyclic) bond motifs is 1. The van der Waals surface area contributed by atoms with Gasteiger partial charge in [0.1, 0.15) is 24.4 Å². The van der Waals surface area contributed by atoms with Gasteiger partial charge in [-0.15, -0.1) is 0 Å². The van der Waals surface area contributed by atoms with E-state index >= 15 is 0 Å². The SMILES string of the molecule is Cc1ccc(CO[C@H]2[C@H](OCc3ccccc3)[C@@H](OCc3ccccc3)[C@H](OCCc3cn(S(=O)(=O)c4ccccc4)c4ccccc34)O[C@@H]2COCCCCCN)cn1. The molecule has 60 heavy (non-hydrogen) atoms. The van der Waals surface area contributed by atoms with E-state index in [9.17, 15) is 8.42 Å². The summed E-state index contributed by atoms with van der Waals surface area (Å²) in [6, 6.07) is 39.9. The molecule has 0 spiro atoms. The number of nitrogens with two attached hydrogens (primary N) is 1. The maximum Gasteiger partial charge on any atom is 0.268 e. The van der Waals surface area contributed by atoms with E-state index in [4.69, 9.17) is 34.2 Å². The molecule has 0 saturated carbocycles. The number of aryl methyl sites for hydroxylation is 1. The predicted molar refractivity (Wildman–Crippen MR) is 231 cm³/mol. The highest BCUT2D eigenvalue weighted by atomic mass is 32.2. The first-order valence-electron chi connectivity index (χ1n) is 20.7. The van der Waals surface area contributed by atoms with Crippen molar-refractivity contribution in [2.45, 2.75) is 88.0 Å². The molecule has 12 heteroatoms. The number of aromatic nitrogens is 2. The lowest BCUT2D eigenvalue weighted by molar-refractivity contribution is -0.328. The molecule has 7 rings (SSSR count). The Morgan fingerprint density at radius 1 is 0.667 bits per heavy atom. The number of nitrogens with zero attached hydrogens (tertiary/aromatic N) is 2. The minimum atomic E-state index is -3.85. The van der Waals surface area contributed by atoms with Crippen molar-refractivity contribution in [2.75, 3.05) is 26.4 Å². The Kier molecular flexibility index (Phi) is 15.6. The van der Waals surface area contributed by atoms with Gasteiger partial charge >= 0.3 is 0 Å². The van der Waals surface area contributed by atoms with Crippen molar-refractivity contribution < 1.29 is 36.8 Å². The molecule has 1 aliphatic heterocycles. The second kappa shape index (κ2) is 21.7. The average Bonchev–Trinajstić information content (AvgIpc) is 3.67. The molecule has 1 aliphatic rings. The van der Waals surface area contributed by atoms with E-state index in [1.165, 1.54) is 3.97 Å². The summed E-state index contributed by atoms with van der Waals surface area (Å²) in [6.45, 7) is 4.43. The lowest BCUT2D eigenvalue weighted by atomic mass is 9.97. The fraction of sp³-hybridized carbons (Fsp3) is 0.354. The highest BCUT2D eigenvalue weighted by molar-refractivity contribution is 7.90. The Labute approximate surface area is 353 Å². The summed E-state index contributed by atoms with van der Waals surface area (Å²) in [5, 5.41) is 0.825. The van der Waals surface area contributed by atoms with Crippen LogP contribution in [0, 0.1) is 6.92 Å². The number of rotatable bonds is 22. The summed E-state index contributed by atoms with van der Waals surface area (Å²) in [7, 11) is -3.85. The number of pyridine rings is 1. The molecule has 0 radical (unpaired) electrons. The zero-order valence-electron chi connectivity index (χ0n) is 34.1. The molecule has 0 unspecified atom stereocenters. The Morgan fingerprint density at radius 2 is 1.30 bits per heavy atom. The summed E-state index contributed by atoms with van der Waals surface area (Å²) in [5.74, 6) is 0. The third-order valence-electron chi connectivity index (χ3n) is 10.6. The topological polar surface area (TPSA) is 133 Å². The van der Waals surface area contributed by atoms with Crippen molar-refractivity contribution in [2.24, 2.45) is 5.73 Å². The van der Waals surface area contributed by atoms with Crippen molar-refractivity contribution in [3.63, 3.8) is 0 Å². The second-order valence-electron chi connectivity index (χ2n) is 15.0. The van der Waals surface area contributed by atoms with Crippen LogP contribution in [0.15, 0.2) is 145 Å². The summed E-state index contributed by atoms with van der Waals surface area (Å²) in [4.78, 5) is 4.70. The number of para-hydroxylation sites is 1. The fourth-order valence-electron chi connectivity index (χ4n) is 7.36. The Balaban J connectivity index is 1.18. The van der Waals surface area contributed by atoms with Gasteiger partial charge in [0, 0.05) is 30.1 Å². The van der Waals surface area contributed by atoms with Crippen LogP contribution >= 0.6 is 0 Å². The third kappa shape index (κ3) is 11.3. The van der Waals surface area contributed by atoms with Gasteiger partial charge in [-0.25, -0.2) is 12.4 Å². The van der Waals surface area contributed by atoms with Gasteiger partial charge in [-0.05, 0) is 85.7 Å². The zero-order chi connectivity index (χ0) is 41.6. The lowest BCUT2D eigenvalue weighted by Gasteiger charge is -2.46. The summed E-state index contributed by atoms with van der Waals surface area (Å²) < 4.78 is 69.2. The number of hydrogen-bond donors (Lipinski definition) is 1. The van der Waals surface area contributed by atoms with Gasteiger partial charge in [0.25, 0.3) is 10.0 Å². The summed E-state index contributed by atoms with van der Waals surface area (Å²) in [5.41, 5.74) is 11.0. The van der Waals surface area contributed by atoms with Crippen molar-refractivity contribution in [3.05, 3.63) is 168 Å². The molecular weight excluding hydrogens is 779 g/mol. The van der Waals surface area contributed by atoms with E-state index < -0.39 is 40.7 Å². The Bertz CT molecular complexity index is 2290. The highest BCUT2D eigenvalue weighted by Gasteiger charge is 2.49. The van der Waals surface area contributed by atoms with E-state index in [0.29, 0.717) is 31.7 Å². The van der Waals surface area contributed by atoms with Crippen LogP contribution in [-0.4, -0.2) is 74.4 Å². The highest BCUT2D eigenvalue weighted by Crippen LogP contribution is 2.33. The monoisotopic (exact) mass is 833 g/mol. The first-order chi connectivity index (χ1) is 29.4.